The van der Waals surface area contributed by atoms with Crippen LogP contribution in [0.3, 0.4) is 0 Å². The summed E-state index contributed by atoms with van der Waals surface area (Å²) in [5, 5.41) is 6.32. The van der Waals surface area contributed by atoms with Crippen molar-refractivity contribution < 1.29 is 12.8 Å². The summed E-state index contributed by atoms with van der Waals surface area (Å²) >= 11 is 0. The van der Waals surface area contributed by atoms with Gasteiger partial charge in [0.05, 0.1) is 5.75 Å². The molecule has 0 atom stereocenters. The zero-order valence-corrected chi connectivity index (χ0v) is 14.8. The first-order valence-corrected chi connectivity index (χ1v) is 9.83. The smallest absolute Gasteiger partial charge is 0.191 e. The van der Waals surface area contributed by atoms with Gasteiger partial charge in [-0.05, 0) is 49.9 Å². The van der Waals surface area contributed by atoms with Crippen LogP contribution in [0.15, 0.2) is 23.2 Å². The zero-order chi connectivity index (χ0) is 17.3. The normalized spacial score (nSPS) is 12.3. The quantitative estimate of drug-likeness (QED) is 0.428. The van der Waals surface area contributed by atoms with Gasteiger partial charge in [0.2, 0.25) is 0 Å². The van der Waals surface area contributed by atoms with Crippen molar-refractivity contribution in [3.8, 4) is 0 Å². The fourth-order valence-corrected chi connectivity index (χ4v) is 2.77. The first-order chi connectivity index (χ1) is 10.8. The number of hydrogen-bond donors (Lipinski definition) is 2. The van der Waals surface area contributed by atoms with Crippen LogP contribution in [0.5, 0.6) is 0 Å². The second kappa shape index (κ2) is 9.50. The molecular weight excluding hydrogens is 317 g/mol. The molecule has 0 amide bonds. The standard InChI is InChI=1S/C16H26FN3O2S/c1-4-18-16(19-9-5-11-23(3,21)22)20-10-8-14-6-7-15(17)12-13(14)2/h6-7,12H,4-5,8-11H2,1-3H3,(H2,18,19,20). The number of aliphatic imine (C=N–C) groups is 1. The van der Waals surface area contributed by atoms with Crippen molar-refractivity contribution in [1.29, 1.82) is 0 Å². The van der Waals surface area contributed by atoms with E-state index >= 15 is 0 Å². The van der Waals surface area contributed by atoms with E-state index in [4.69, 9.17) is 0 Å². The van der Waals surface area contributed by atoms with Gasteiger partial charge in [-0.1, -0.05) is 6.07 Å². The Hall–Kier alpha value is -1.63. The van der Waals surface area contributed by atoms with Gasteiger partial charge >= 0.3 is 0 Å². The Bertz CT molecular complexity index is 630. The number of sulfone groups is 1. The van der Waals surface area contributed by atoms with Gasteiger partial charge in [-0.15, -0.1) is 0 Å². The van der Waals surface area contributed by atoms with Gasteiger partial charge in [0, 0.05) is 25.9 Å². The maximum atomic E-state index is 13.1. The maximum Gasteiger partial charge on any atom is 0.191 e. The summed E-state index contributed by atoms with van der Waals surface area (Å²) in [6.45, 7) is 5.72. The van der Waals surface area contributed by atoms with Gasteiger partial charge in [-0.25, -0.2) is 12.8 Å². The van der Waals surface area contributed by atoms with Crippen molar-refractivity contribution in [2.45, 2.75) is 26.7 Å². The largest absolute Gasteiger partial charge is 0.357 e. The van der Waals surface area contributed by atoms with Crippen molar-refractivity contribution in [2.75, 3.05) is 31.6 Å². The molecule has 1 aromatic carbocycles. The number of aryl methyl sites for hydroxylation is 1. The molecule has 7 heteroatoms. The van der Waals surface area contributed by atoms with Crippen LogP contribution in [-0.4, -0.2) is 46.0 Å². The molecule has 0 heterocycles. The lowest BCUT2D eigenvalue weighted by molar-refractivity contribution is 0.599. The Balaban J connectivity index is 2.46. The highest BCUT2D eigenvalue weighted by Gasteiger charge is 2.03. The molecule has 0 spiro atoms. The summed E-state index contributed by atoms with van der Waals surface area (Å²) in [6.07, 6.45) is 2.50. The van der Waals surface area contributed by atoms with Crippen LogP contribution < -0.4 is 10.6 Å². The fraction of sp³-hybridized carbons (Fsp3) is 0.562. The molecule has 1 aromatic rings. The van der Waals surface area contributed by atoms with Crippen molar-refractivity contribution >= 4 is 15.8 Å². The molecule has 0 saturated carbocycles. The summed E-state index contributed by atoms with van der Waals surface area (Å²) in [7, 11) is -2.94. The van der Waals surface area contributed by atoms with Crippen LogP contribution in [0.4, 0.5) is 4.39 Å². The van der Waals surface area contributed by atoms with Crippen LogP contribution in [0, 0.1) is 12.7 Å². The third-order valence-corrected chi connectivity index (χ3v) is 4.31. The van der Waals surface area contributed by atoms with Gasteiger partial charge in [0.1, 0.15) is 15.7 Å². The van der Waals surface area contributed by atoms with E-state index < -0.39 is 9.84 Å². The van der Waals surface area contributed by atoms with E-state index in [2.05, 4.69) is 15.6 Å². The lowest BCUT2D eigenvalue weighted by Crippen LogP contribution is -2.38. The minimum atomic E-state index is -2.94. The second-order valence-electron chi connectivity index (χ2n) is 5.49. The van der Waals surface area contributed by atoms with Gasteiger partial charge in [-0.2, -0.15) is 0 Å². The Labute approximate surface area is 138 Å². The predicted octanol–water partition coefficient (Wildman–Crippen LogP) is 1.67. The van der Waals surface area contributed by atoms with Gasteiger partial charge in [0.25, 0.3) is 0 Å². The third kappa shape index (κ3) is 8.54. The van der Waals surface area contributed by atoms with E-state index in [1.807, 2.05) is 13.8 Å². The number of nitrogens with zero attached hydrogens (tertiary/aromatic N) is 1. The molecular formula is C16H26FN3O2S. The minimum absolute atomic E-state index is 0.144. The van der Waals surface area contributed by atoms with Crippen LogP contribution in [0.1, 0.15) is 24.5 Å². The Kier molecular flexibility index (Phi) is 8.02. The topological polar surface area (TPSA) is 70.6 Å². The number of rotatable bonds is 8. The van der Waals surface area contributed by atoms with E-state index in [1.165, 1.54) is 18.4 Å². The van der Waals surface area contributed by atoms with E-state index in [1.54, 1.807) is 6.07 Å². The highest BCUT2D eigenvalue weighted by Crippen LogP contribution is 2.10. The molecule has 0 bridgehead atoms. The summed E-state index contributed by atoms with van der Waals surface area (Å²) in [4.78, 5) is 4.35. The number of benzene rings is 1. The summed E-state index contributed by atoms with van der Waals surface area (Å²) in [5.74, 6) is 0.589. The summed E-state index contributed by atoms with van der Waals surface area (Å²) < 4.78 is 35.2. The molecule has 23 heavy (non-hydrogen) atoms. The average Bonchev–Trinajstić information content (AvgIpc) is 2.44. The van der Waals surface area contributed by atoms with E-state index in [9.17, 15) is 12.8 Å². The SMILES string of the molecule is CCNC(=NCCCS(C)(=O)=O)NCCc1ccc(F)cc1C. The van der Waals surface area contributed by atoms with Crippen molar-refractivity contribution in [3.05, 3.63) is 35.1 Å². The number of guanidine groups is 1. The monoisotopic (exact) mass is 343 g/mol. The highest BCUT2D eigenvalue weighted by molar-refractivity contribution is 7.90. The summed E-state index contributed by atoms with van der Waals surface area (Å²) in [6, 6.07) is 4.79. The zero-order valence-electron chi connectivity index (χ0n) is 14.0. The molecule has 0 fully saturated rings. The Morgan fingerprint density at radius 1 is 1.30 bits per heavy atom. The highest BCUT2D eigenvalue weighted by atomic mass is 32.2. The molecule has 0 aliphatic heterocycles. The average molecular weight is 343 g/mol. The fourth-order valence-electron chi connectivity index (χ4n) is 2.11. The van der Waals surface area contributed by atoms with Gasteiger partial charge in [0.15, 0.2) is 5.96 Å². The van der Waals surface area contributed by atoms with Gasteiger partial charge in [-0.3, -0.25) is 4.99 Å². The second-order valence-corrected chi connectivity index (χ2v) is 7.75. The third-order valence-electron chi connectivity index (χ3n) is 3.28. The van der Waals surface area contributed by atoms with Crippen molar-refractivity contribution in [1.82, 2.24) is 10.6 Å². The minimum Gasteiger partial charge on any atom is -0.357 e. The Morgan fingerprint density at radius 3 is 2.65 bits per heavy atom. The van der Waals surface area contributed by atoms with Gasteiger partial charge < -0.3 is 10.6 Å². The molecule has 0 radical (unpaired) electrons. The lowest BCUT2D eigenvalue weighted by Gasteiger charge is -2.12. The molecule has 5 nitrogen and oxygen atoms in total. The van der Waals surface area contributed by atoms with Crippen LogP contribution in [0.2, 0.25) is 0 Å². The molecule has 0 aromatic heterocycles. The molecule has 2 N–H and O–H groups in total. The van der Waals surface area contributed by atoms with Crippen LogP contribution >= 0.6 is 0 Å². The first kappa shape index (κ1) is 19.4. The molecule has 0 aliphatic carbocycles. The molecule has 0 saturated heterocycles. The molecule has 1 rings (SSSR count). The van der Waals surface area contributed by atoms with E-state index in [0.29, 0.717) is 25.5 Å². The number of hydrogen-bond acceptors (Lipinski definition) is 3. The van der Waals surface area contributed by atoms with Crippen molar-refractivity contribution in [3.63, 3.8) is 0 Å². The number of nitrogens with one attached hydrogen (secondary N) is 2. The lowest BCUT2D eigenvalue weighted by atomic mass is 10.1. The Morgan fingerprint density at radius 2 is 2.04 bits per heavy atom. The van der Waals surface area contributed by atoms with E-state index in [-0.39, 0.29) is 11.6 Å². The van der Waals surface area contributed by atoms with Crippen LogP contribution in [0.25, 0.3) is 0 Å². The number of halogens is 1. The van der Waals surface area contributed by atoms with Crippen molar-refractivity contribution in [2.24, 2.45) is 4.99 Å². The molecule has 130 valence electrons. The maximum absolute atomic E-state index is 13.1. The molecule has 0 unspecified atom stereocenters. The first-order valence-electron chi connectivity index (χ1n) is 7.76. The van der Waals surface area contributed by atoms with Crippen LogP contribution in [-0.2, 0) is 16.3 Å². The predicted molar refractivity (Wildman–Crippen MR) is 93.2 cm³/mol. The molecule has 0 aliphatic rings. The van der Waals surface area contributed by atoms with E-state index in [0.717, 1.165) is 24.1 Å². The summed E-state index contributed by atoms with van der Waals surface area (Å²) in [5.41, 5.74) is 2.02.